The van der Waals surface area contributed by atoms with Crippen LogP contribution in [0.15, 0.2) is 15.9 Å². The lowest BCUT2D eigenvalue weighted by Gasteiger charge is -2.34. The summed E-state index contributed by atoms with van der Waals surface area (Å²) in [6, 6.07) is 1.99. The highest BCUT2D eigenvalue weighted by Crippen LogP contribution is 2.29. The first kappa shape index (κ1) is 13.2. The second kappa shape index (κ2) is 5.61. The zero-order valence-electron chi connectivity index (χ0n) is 9.70. The normalized spacial score (nSPS) is 19.2. The van der Waals surface area contributed by atoms with Crippen LogP contribution >= 0.6 is 27.3 Å². The van der Waals surface area contributed by atoms with Gasteiger partial charge in [0.25, 0.3) is 0 Å². The molecule has 1 fully saturated rings. The summed E-state index contributed by atoms with van der Waals surface area (Å²) in [4.78, 5) is 13.4. The van der Waals surface area contributed by atoms with Gasteiger partial charge in [-0.05, 0) is 22.0 Å². The molecule has 0 aliphatic carbocycles. The van der Waals surface area contributed by atoms with Crippen molar-refractivity contribution in [2.75, 3.05) is 20.3 Å². The molecular formula is C12H15BrO3S. The van der Waals surface area contributed by atoms with E-state index in [-0.39, 0.29) is 5.78 Å². The first-order valence-corrected chi connectivity index (χ1v) is 7.23. The fourth-order valence-electron chi connectivity index (χ4n) is 2.06. The lowest BCUT2D eigenvalue weighted by Crippen LogP contribution is -2.46. The molecule has 0 N–H and O–H groups in total. The number of ether oxygens (including phenoxy) is 2. The van der Waals surface area contributed by atoms with Crippen LogP contribution in [0, 0.1) is 0 Å². The summed E-state index contributed by atoms with van der Waals surface area (Å²) in [5.41, 5.74) is -0.630. The third-order valence-corrected chi connectivity index (χ3v) is 4.85. The van der Waals surface area contributed by atoms with Gasteiger partial charge in [-0.3, -0.25) is 4.79 Å². The monoisotopic (exact) mass is 318 g/mol. The number of ketones is 1. The Morgan fingerprint density at radius 2 is 2.29 bits per heavy atom. The van der Waals surface area contributed by atoms with E-state index < -0.39 is 5.60 Å². The molecule has 94 valence electrons. The molecule has 1 aromatic rings. The molecule has 2 rings (SSSR count). The van der Waals surface area contributed by atoms with Crippen molar-refractivity contribution in [3.8, 4) is 0 Å². The van der Waals surface area contributed by atoms with Crippen molar-refractivity contribution in [1.82, 2.24) is 0 Å². The van der Waals surface area contributed by atoms with Gasteiger partial charge in [-0.25, -0.2) is 0 Å². The van der Waals surface area contributed by atoms with Gasteiger partial charge in [-0.15, -0.1) is 11.3 Å². The molecule has 0 spiro atoms. The van der Waals surface area contributed by atoms with Crippen molar-refractivity contribution in [2.24, 2.45) is 0 Å². The third kappa shape index (κ3) is 2.96. The highest BCUT2D eigenvalue weighted by Gasteiger charge is 2.39. The Kier molecular flexibility index (Phi) is 4.36. The second-order valence-corrected chi connectivity index (χ2v) is 6.05. The molecule has 1 aliphatic heterocycles. The molecule has 1 aromatic heterocycles. The van der Waals surface area contributed by atoms with Crippen LogP contribution in [0.4, 0.5) is 0 Å². The SMILES string of the molecule is COC1(C(=O)Cc2cc(Br)cs2)CCOCC1. The lowest BCUT2D eigenvalue weighted by atomic mass is 9.87. The Balaban J connectivity index is 2.07. The largest absolute Gasteiger partial charge is 0.381 e. The highest BCUT2D eigenvalue weighted by atomic mass is 79.9. The molecule has 0 saturated carbocycles. The van der Waals surface area contributed by atoms with Crippen molar-refractivity contribution in [3.05, 3.63) is 20.8 Å². The number of carbonyl (C=O) groups is 1. The molecule has 0 unspecified atom stereocenters. The Morgan fingerprint density at radius 3 is 2.82 bits per heavy atom. The first-order chi connectivity index (χ1) is 8.16. The van der Waals surface area contributed by atoms with Crippen LogP contribution in [0.2, 0.25) is 0 Å². The van der Waals surface area contributed by atoms with Crippen LogP contribution in [0.25, 0.3) is 0 Å². The molecule has 0 aromatic carbocycles. The van der Waals surface area contributed by atoms with E-state index in [1.807, 2.05) is 11.4 Å². The Hall–Kier alpha value is -0.230. The Bertz CT molecular complexity index is 396. The second-order valence-electron chi connectivity index (χ2n) is 4.14. The number of methoxy groups -OCH3 is 1. The first-order valence-electron chi connectivity index (χ1n) is 5.55. The van der Waals surface area contributed by atoms with Crippen molar-refractivity contribution < 1.29 is 14.3 Å². The van der Waals surface area contributed by atoms with Crippen LogP contribution in [0.5, 0.6) is 0 Å². The Morgan fingerprint density at radius 1 is 1.59 bits per heavy atom. The van der Waals surface area contributed by atoms with Crippen LogP contribution in [-0.4, -0.2) is 31.7 Å². The summed E-state index contributed by atoms with van der Waals surface area (Å²) < 4.78 is 11.8. The molecule has 5 heteroatoms. The van der Waals surface area contributed by atoms with Gasteiger partial charge >= 0.3 is 0 Å². The Labute approximate surface area is 113 Å². The fraction of sp³-hybridized carbons (Fsp3) is 0.583. The third-order valence-electron chi connectivity index (χ3n) is 3.16. The molecule has 0 atom stereocenters. The molecule has 1 aliphatic rings. The summed E-state index contributed by atoms with van der Waals surface area (Å²) in [7, 11) is 1.62. The average Bonchev–Trinajstić information content (AvgIpc) is 2.75. The smallest absolute Gasteiger partial charge is 0.169 e. The highest BCUT2D eigenvalue weighted by molar-refractivity contribution is 9.10. The van der Waals surface area contributed by atoms with E-state index >= 15 is 0 Å². The standard InChI is InChI=1S/C12H15BrO3S/c1-15-12(2-4-16-5-3-12)11(14)7-10-6-9(13)8-17-10/h6,8H,2-5,7H2,1H3. The van der Waals surface area contributed by atoms with Crippen LogP contribution in [-0.2, 0) is 20.7 Å². The van der Waals surface area contributed by atoms with Crippen molar-refractivity contribution >= 4 is 33.0 Å². The van der Waals surface area contributed by atoms with E-state index in [0.29, 0.717) is 32.5 Å². The van der Waals surface area contributed by atoms with Crippen molar-refractivity contribution in [1.29, 1.82) is 0 Å². The van der Waals surface area contributed by atoms with E-state index in [0.717, 1.165) is 9.35 Å². The maximum atomic E-state index is 12.3. The number of rotatable bonds is 4. The van der Waals surface area contributed by atoms with Gasteiger partial charge in [0.05, 0.1) is 0 Å². The van der Waals surface area contributed by atoms with Crippen molar-refractivity contribution in [2.45, 2.75) is 24.9 Å². The quantitative estimate of drug-likeness (QED) is 0.856. The molecule has 0 bridgehead atoms. The molecule has 2 heterocycles. The van der Waals surface area contributed by atoms with Gasteiger partial charge in [-0.1, -0.05) is 0 Å². The summed E-state index contributed by atoms with van der Waals surface area (Å²) in [5, 5.41) is 1.99. The minimum Gasteiger partial charge on any atom is -0.381 e. The summed E-state index contributed by atoms with van der Waals surface area (Å²) >= 11 is 4.99. The number of halogens is 1. The van der Waals surface area contributed by atoms with E-state index in [2.05, 4.69) is 15.9 Å². The van der Waals surface area contributed by atoms with Gasteiger partial charge in [0.2, 0.25) is 0 Å². The van der Waals surface area contributed by atoms with Gasteiger partial charge in [0, 0.05) is 54.3 Å². The number of hydrogen-bond acceptors (Lipinski definition) is 4. The molecule has 3 nitrogen and oxygen atoms in total. The van der Waals surface area contributed by atoms with Gasteiger partial charge in [0.1, 0.15) is 5.60 Å². The van der Waals surface area contributed by atoms with Crippen LogP contribution in [0.3, 0.4) is 0 Å². The summed E-state index contributed by atoms with van der Waals surface area (Å²) in [5.74, 6) is 0.164. The predicted octanol–water partition coefficient (Wildman–Crippen LogP) is 2.82. The summed E-state index contributed by atoms with van der Waals surface area (Å²) in [6.45, 7) is 1.21. The summed E-state index contributed by atoms with van der Waals surface area (Å²) in [6.07, 6.45) is 1.77. The minimum absolute atomic E-state index is 0.164. The van der Waals surface area contributed by atoms with Gasteiger partial charge in [0.15, 0.2) is 5.78 Å². The van der Waals surface area contributed by atoms with Crippen LogP contribution in [0.1, 0.15) is 17.7 Å². The van der Waals surface area contributed by atoms with E-state index in [1.165, 1.54) is 0 Å². The number of hydrogen-bond donors (Lipinski definition) is 0. The van der Waals surface area contributed by atoms with E-state index in [4.69, 9.17) is 9.47 Å². The number of Topliss-reactive ketones (excluding diaryl/α,β-unsaturated/α-hetero) is 1. The zero-order chi connectivity index (χ0) is 12.3. The average molecular weight is 319 g/mol. The molecule has 17 heavy (non-hydrogen) atoms. The van der Waals surface area contributed by atoms with Gasteiger partial charge < -0.3 is 9.47 Å². The fourth-order valence-corrected chi connectivity index (χ4v) is 3.51. The maximum absolute atomic E-state index is 12.3. The van der Waals surface area contributed by atoms with Gasteiger partial charge in [-0.2, -0.15) is 0 Å². The molecular weight excluding hydrogens is 304 g/mol. The molecule has 0 amide bonds. The van der Waals surface area contributed by atoms with E-state index in [9.17, 15) is 4.79 Å². The maximum Gasteiger partial charge on any atom is 0.169 e. The molecule has 0 radical (unpaired) electrons. The number of carbonyl (C=O) groups excluding carboxylic acids is 1. The van der Waals surface area contributed by atoms with Crippen molar-refractivity contribution in [3.63, 3.8) is 0 Å². The number of thiophene rings is 1. The topological polar surface area (TPSA) is 35.5 Å². The predicted molar refractivity (Wildman–Crippen MR) is 70.5 cm³/mol. The minimum atomic E-state index is -0.630. The van der Waals surface area contributed by atoms with Crippen LogP contribution < -0.4 is 0 Å². The molecule has 1 saturated heterocycles. The zero-order valence-corrected chi connectivity index (χ0v) is 12.1. The lowest BCUT2D eigenvalue weighted by molar-refractivity contribution is -0.151. The van der Waals surface area contributed by atoms with E-state index in [1.54, 1.807) is 18.4 Å².